The van der Waals surface area contributed by atoms with Crippen LogP contribution in [0.25, 0.3) is 11.0 Å². The third-order valence-electron chi connectivity index (χ3n) is 5.30. The van der Waals surface area contributed by atoms with E-state index < -0.39 is 0 Å². The first-order valence-corrected chi connectivity index (χ1v) is 8.62. The summed E-state index contributed by atoms with van der Waals surface area (Å²) in [6, 6.07) is 8.82. The number of benzene rings is 1. The van der Waals surface area contributed by atoms with Crippen LogP contribution in [0.1, 0.15) is 52.5 Å². The Labute approximate surface area is 132 Å². The van der Waals surface area contributed by atoms with Gasteiger partial charge in [0.2, 0.25) is 5.28 Å². The molecule has 114 valence electrons. The summed E-state index contributed by atoms with van der Waals surface area (Å²) in [5, 5.41) is 0.656. The highest BCUT2D eigenvalue weighted by molar-refractivity contribution is 6.29. The predicted molar refractivity (Wildman–Crippen MR) is 89.7 cm³/mol. The van der Waals surface area contributed by atoms with Crippen molar-refractivity contribution in [3.8, 4) is 0 Å². The highest BCUT2D eigenvalue weighted by atomic mass is 35.5. The Morgan fingerprint density at radius 2 is 2.05 bits per heavy atom. The molecule has 1 aliphatic carbocycles. The number of aromatic nitrogens is 2. The lowest BCUT2D eigenvalue weighted by atomic mass is 9.72. The summed E-state index contributed by atoms with van der Waals surface area (Å²) in [4.78, 5) is 4.56. The molecule has 0 N–H and O–H groups in total. The monoisotopic (exact) mass is 304 g/mol. The van der Waals surface area contributed by atoms with Gasteiger partial charge in [0.25, 0.3) is 0 Å². The molecule has 0 saturated heterocycles. The van der Waals surface area contributed by atoms with E-state index in [9.17, 15) is 0 Å². The number of rotatable bonds is 3. The van der Waals surface area contributed by atoms with Crippen LogP contribution < -0.4 is 0 Å². The van der Waals surface area contributed by atoms with E-state index in [2.05, 4.69) is 48.5 Å². The molecule has 21 heavy (non-hydrogen) atoms. The molecule has 2 aromatic rings. The molecule has 1 saturated carbocycles. The van der Waals surface area contributed by atoms with Crippen LogP contribution in [0.3, 0.4) is 0 Å². The lowest BCUT2D eigenvalue weighted by Crippen LogP contribution is -2.30. The van der Waals surface area contributed by atoms with Crippen molar-refractivity contribution in [2.45, 2.75) is 52.5 Å². The molecule has 0 spiro atoms. The van der Waals surface area contributed by atoms with Gasteiger partial charge < -0.3 is 4.57 Å². The van der Waals surface area contributed by atoms with E-state index in [1.807, 2.05) is 6.07 Å². The predicted octanol–water partition coefficient (Wildman–Crippen LogP) is 5.71. The fourth-order valence-electron chi connectivity index (χ4n) is 4.03. The van der Waals surface area contributed by atoms with E-state index in [4.69, 9.17) is 11.6 Å². The molecule has 3 unspecified atom stereocenters. The molecule has 0 amide bonds. The van der Waals surface area contributed by atoms with Crippen molar-refractivity contribution in [2.24, 2.45) is 17.8 Å². The number of para-hydroxylation sites is 2. The normalized spacial score (nSPS) is 26.6. The minimum atomic E-state index is 0.489. The number of imidazole rings is 1. The number of fused-ring (bicyclic) bond motifs is 1. The summed E-state index contributed by atoms with van der Waals surface area (Å²) >= 11 is 6.51. The van der Waals surface area contributed by atoms with Gasteiger partial charge in [0.1, 0.15) is 0 Å². The van der Waals surface area contributed by atoms with Gasteiger partial charge in [-0.2, -0.15) is 0 Å². The summed E-state index contributed by atoms with van der Waals surface area (Å²) < 4.78 is 2.31. The van der Waals surface area contributed by atoms with Crippen LogP contribution in [0.2, 0.25) is 5.28 Å². The summed E-state index contributed by atoms with van der Waals surface area (Å²) in [5.41, 5.74) is 2.21. The van der Waals surface area contributed by atoms with Crippen molar-refractivity contribution in [2.75, 3.05) is 0 Å². The first-order valence-electron chi connectivity index (χ1n) is 8.24. The van der Waals surface area contributed by atoms with E-state index in [0.717, 1.165) is 11.4 Å². The molecule has 0 bridgehead atoms. The standard InChI is InChI=1S/C18H25ClN2/c1-4-13-9-10-14(12(2)3)17(11-13)21-16-8-6-5-7-15(16)20-18(21)19/h5-8,12-14,17H,4,9-11H2,1-3H3. The molecule has 3 atom stereocenters. The molecule has 1 heterocycles. The highest BCUT2D eigenvalue weighted by Gasteiger charge is 2.34. The van der Waals surface area contributed by atoms with Gasteiger partial charge in [-0.1, -0.05) is 45.7 Å². The van der Waals surface area contributed by atoms with Crippen molar-refractivity contribution < 1.29 is 0 Å². The van der Waals surface area contributed by atoms with Gasteiger partial charge in [0, 0.05) is 6.04 Å². The lowest BCUT2D eigenvalue weighted by molar-refractivity contribution is 0.143. The molecule has 1 aliphatic rings. The van der Waals surface area contributed by atoms with Crippen LogP contribution in [0.4, 0.5) is 0 Å². The molecule has 1 aromatic heterocycles. The zero-order chi connectivity index (χ0) is 15.0. The van der Waals surface area contributed by atoms with E-state index >= 15 is 0 Å². The highest BCUT2D eigenvalue weighted by Crippen LogP contribution is 2.44. The van der Waals surface area contributed by atoms with Crippen LogP contribution in [0, 0.1) is 17.8 Å². The molecule has 0 aliphatic heterocycles. The van der Waals surface area contributed by atoms with Gasteiger partial charge in [-0.15, -0.1) is 0 Å². The SMILES string of the molecule is CCC1CCC(C(C)C)C(n2c(Cl)nc3ccccc32)C1. The average Bonchev–Trinajstić information content (AvgIpc) is 2.82. The fourth-order valence-corrected chi connectivity index (χ4v) is 4.34. The van der Waals surface area contributed by atoms with Crippen molar-refractivity contribution >= 4 is 22.6 Å². The Hall–Kier alpha value is -1.02. The maximum absolute atomic E-state index is 6.51. The van der Waals surface area contributed by atoms with Crippen molar-refractivity contribution in [3.63, 3.8) is 0 Å². The smallest absolute Gasteiger partial charge is 0.204 e. The fraction of sp³-hybridized carbons (Fsp3) is 0.611. The topological polar surface area (TPSA) is 17.8 Å². The number of nitrogens with zero attached hydrogens (tertiary/aromatic N) is 2. The Bertz CT molecular complexity index is 617. The van der Waals surface area contributed by atoms with Gasteiger partial charge in [0.05, 0.1) is 11.0 Å². The minimum Gasteiger partial charge on any atom is -0.311 e. The first-order chi connectivity index (χ1) is 10.1. The minimum absolute atomic E-state index is 0.489. The second-order valence-electron chi connectivity index (χ2n) is 6.80. The molecular formula is C18H25ClN2. The summed E-state index contributed by atoms with van der Waals surface area (Å²) in [5.74, 6) is 2.20. The van der Waals surface area contributed by atoms with Gasteiger partial charge in [0.15, 0.2) is 0 Å². The van der Waals surface area contributed by atoms with Gasteiger partial charge in [-0.05, 0) is 54.3 Å². The third-order valence-corrected chi connectivity index (χ3v) is 5.56. The third kappa shape index (κ3) is 2.70. The number of hydrogen-bond acceptors (Lipinski definition) is 1. The maximum Gasteiger partial charge on any atom is 0.204 e. The largest absolute Gasteiger partial charge is 0.311 e. The van der Waals surface area contributed by atoms with Crippen LogP contribution >= 0.6 is 11.6 Å². The molecule has 2 nitrogen and oxygen atoms in total. The Morgan fingerprint density at radius 1 is 1.29 bits per heavy atom. The second-order valence-corrected chi connectivity index (χ2v) is 7.14. The molecule has 1 fully saturated rings. The van der Waals surface area contributed by atoms with Gasteiger partial charge >= 0.3 is 0 Å². The summed E-state index contributed by atoms with van der Waals surface area (Å²) in [6.07, 6.45) is 5.18. The van der Waals surface area contributed by atoms with Gasteiger partial charge in [-0.3, -0.25) is 0 Å². The average molecular weight is 305 g/mol. The van der Waals surface area contributed by atoms with E-state index in [1.54, 1.807) is 0 Å². The van der Waals surface area contributed by atoms with E-state index in [-0.39, 0.29) is 0 Å². The summed E-state index contributed by atoms with van der Waals surface area (Å²) in [6.45, 7) is 7.00. The van der Waals surface area contributed by atoms with Crippen molar-refractivity contribution in [1.82, 2.24) is 9.55 Å². The molecule has 1 aromatic carbocycles. The molecule has 3 heteroatoms. The Kier molecular flexibility index (Phi) is 4.26. The second kappa shape index (κ2) is 6.00. The maximum atomic E-state index is 6.51. The molecule has 3 rings (SSSR count). The number of hydrogen-bond donors (Lipinski definition) is 0. The lowest BCUT2D eigenvalue weighted by Gasteiger charge is -2.39. The zero-order valence-corrected chi connectivity index (χ0v) is 14.0. The summed E-state index contributed by atoms with van der Waals surface area (Å²) in [7, 11) is 0. The van der Waals surface area contributed by atoms with Crippen LogP contribution in [0.5, 0.6) is 0 Å². The van der Waals surface area contributed by atoms with Crippen molar-refractivity contribution in [1.29, 1.82) is 0 Å². The van der Waals surface area contributed by atoms with Crippen LogP contribution in [-0.4, -0.2) is 9.55 Å². The van der Waals surface area contributed by atoms with Gasteiger partial charge in [-0.25, -0.2) is 4.98 Å². The quantitative estimate of drug-likeness (QED) is 0.710. The first kappa shape index (κ1) is 14.9. The Morgan fingerprint density at radius 3 is 2.76 bits per heavy atom. The number of halogens is 1. The van der Waals surface area contributed by atoms with E-state index in [1.165, 1.54) is 31.2 Å². The Balaban J connectivity index is 2.06. The zero-order valence-electron chi connectivity index (χ0n) is 13.2. The van der Waals surface area contributed by atoms with Crippen LogP contribution in [0.15, 0.2) is 24.3 Å². The molecule has 0 radical (unpaired) electrons. The molecular weight excluding hydrogens is 280 g/mol. The van der Waals surface area contributed by atoms with Crippen LogP contribution in [-0.2, 0) is 0 Å². The van der Waals surface area contributed by atoms with Crippen molar-refractivity contribution in [3.05, 3.63) is 29.5 Å². The van der Waals surface area contributed by atoms with E-state index in [0.29, 0.717) is 23.2 Å².